The molecule has 3 heteroatoms. The first-order chi connectivity index (χ1) is 8.08. The fraction of sp³-hybridized carbons (Fsp3) is 0.500. The van der Waals surface area contributed by atoms with E-state index in [0.717, 1.165) is 13.0 Å². The van der Waals surface area contributed by atoms with Gasteiger partial charge in [0.15, 0.2) is 0 Å². The summed E-state index contributed by atoms with van der Waals surface area (Å²) in [5.41, 5.74) is 2.64. The van der Waals surface area contributed by atoms with Crippen molar-refractivity contribution >= 4 is 6.03 Å². The molecule has 0 bridgehead atoms. The zero-order valence-electron chi connectivity index (χ0n) is 10.7. The molecule has 0 spiro atoms. The molecule has 1 aliphatic heterocycles. The van der Waals surface area contributed by atoms with Gasteiger partial charge in [0.1, 0.15) is 0 Å². The van der Waals surface area contributed by atoms with Gasteiger partial charge in [-0.3, -0.25) is 0 Å². The minimum atomic E-state index is 0.0435. The van der Waals surface area contributed by atoms with Crippen LogP contribution in [0.5, 0.6) is 0 Å². The summed E-state index contributed by atoms with van der Waals surface area (Å²) in [5, 5.41) is 2.96. The first kappa shape index (κ1) is 12.0. The van der Waals surface area contributed by atoms with Crippen molar-refractivity contribution in [3.8, 4) is 0 Å². The highest BCUT2D eigenvalue weighted by Crippen LogP contribution is 2.22. The molecule has 0 saturated heterocycles. The number of hydrogen-bond donors (Lipinski definition) is 1. The molecule has 92 valence electrons. The summed E-state index contributed by atoms with van der Waals surface area (Å²) in [6.45, 7) is 6.80. The van der Waals surface area contributed by atoms with Crippen LogP contribution < -0.4 is 5.32 Å². The van der Waals surface area contributed by atoms with Gasteiger partial charge in [-0.2, -0.15) is 0 Å². The maximum absolute atomic E-state index is 12.0. The minimum Gasteiger partial charge on any atom is -0.336 e. The van der Waals surface area contributed by atoms with Crippen LogP contribution in [0, 0.1) is 0 Å². The Labute approximate surface area is 103 Å². The highest BCUT2D eigenvalue weighted by Gasteiger charge is 2.26. The van der Waals surface area contributed by atoms with Gasteiger partial charge in [-0.15, -0.1) is 0 Å². The normalized spacial score (nSPS) is 19.1. The molecule has 0 saturated carbocycles. The number of benzene rings is 1. The molecule has 1 aromatic rings. The maximum Gasteiger partial charge on any atom is 0.318 e. The minimum absolute atomic E-state index is 0.0435. The van der Waals surface area contributed by atoms with Crippen LogP contribution in [0.15, 0.2) is 24.3 Å². The van der Waals surface area contributed by atoms with Crippen LogP contribution in [0.4, 0.5) is 4.79 Å². The van der Waals surface area contributed by atoms with Crippen LogP contribution in [0.25, 0.3) is 0 Å². The van der Waals surface area contributed by atoms with E-state index in [1.807, 2.05) is 24.8 Å². The van der Waals surface area contributed by atoms with Crippen molar-refractivity contribution in [2.75, 3.05) is 0 Å². The van der Waals surface area contributed by atoms with Crippen LogP contribution in [-0.2, 0) is 13.0 Å². The number of carbonyl (C=O) groups excluding carboxylic acids is 1. The molecular formula is C14H20N2O. The summed E-state index contributed by atoms with van der Waals surface area (Å²) in [6, 6.07) is 8.86. The number of carbonyl (C=O) groups is 1. The first-order valence-electron chi connectivity index (χ1n) is 6.22. The summed E-state index contributed by atoms with van der Waals surface area (Å²) >= 11 is 0. The van der Waals surface area contributed by atoms with Gasteiger partial charge < -0.3 is 10.2 Å². The third kappa shape index (κ3) is 2.60. The Hall–Kier alpha value is -1.51. The molecule has 0 fully saturated rings. The van der Waals surface area contributed by atoms with Gasteiger partial charge in [0.05, 0.1) is 0 Å². The molecule has 1 aliphatic rings. The standard InChI is InChI=1S/C14H20N2O/c1-10(2)15-14(17)16-9-13-7-5-4-6-12(13)8-11(16)3/h4-7,10-11H,8-9H2,1-3H3,(H,15,17). The van der Waals surface area contributed by atoms with Crippen molar-refractivity contribution in [2.45, 2.75) is 45.8 Å². The number of nitrogens with one attached hydrogen (secondary N) is 1. The fourth-order valence-corrected chi connectivity index (χ4v) is 2.28. The summed E-state index contributed by atoms with van der Waals surface area (Å²) in [7, 11) is 0. The number of nitrogens with zero attached hydrogens (tertiary/aromatic N) is 1. The van der Waals surface area contributed by atoms with Crippen molar-refractivity contribution in [2.24, 2.45) is 0 Å². The molecule has 1 N–H and O–H groups in total. The van der Waals surface area contributed by atoms with E-state index in [2.05, 4.69) is 30.4 Å². The predicted octanol–water partition coefficient (Wildman–Crippen LogP) is 2.55. The summed E-state index contributed by atoms with van der Waals surface area (Å²) in [6.07, 6.45) is 0.946. The third-order valence-corrected chi connectivity index (χ3v) is 3.18. The van der Waals surface area contributed by atoms with Crippen molar-refractivity contribution in [3.63, 3.8) is 0 Å². The molecule has 1 atom stereocenters. The lowest BCUT2D eigenvalue weighted by atomic mass is 9.95. The number of hydrogen-bond acceptors (Lipinski definition) is 1. The quantitative estimate of drug-likeness (QED) is 0.793. The Balaban J connectivity index is 2.14. The average Bonchev–Trinajstić information content (AvgIpc) is 2.27. The van der Waals surface area contributed by atoms with Gasteiger partial charge in [-0.25, -0.2) is 4.79 Å². The van der Waals surface area contributed by atoms with Crippen LogP contribution in [0.2, 0.25) is 0 Å². The van der Waals surface area contributed by atoms with Crippen molar-refractivity contribution < 1.29 is 4.79 Å². The fourth-order valence-electron chi connectivity index (χ4n) is 2.28. The molecular weight excluding hydrogens is 212 g/mol. The summed E-state index contributed by atoms with van der Waals surface area (Å²) in [4.78, 5) is 14.0. The number of fused-ring (bicyclic) bond motifs is 1. The summed E-state index contributed by atoms with van der Waals surface area (Å²) in [5.74, 6) is 0. The second kappa shape index (κ2) is 4.78. The highest BCUT2D eigenvalue weighted by atomic mass is 16.2. The Morgan fingerprint density at radius 2 is 2.00 bits per heavy atom. The number of amides is 2. The van der Waals surface area contributed by atoms with Gasteiger partial charge in [-0.1, -0.05) is 24.3 Å². The van der Waals surface area contributed by atoms with Gasteiger partial charge in [-0.05, 0) is 38.3 Å². The average molecular weight is 232 g/mol. The second-order valence-electron chi connectivity index (χ2n) is 5.05. The molecule has 1 aromatic carbocycles. The van der Waals surface area contributed by atoms with E-state index in [0.29, 0.717) is 0 Å². The van der Waals surface area contributed by atoms with Gasteiger partial charge in [0.2, 0.25) is 0 Å². The number of urea groups is 1. The highest BCUT2D eigenvalue weighted by molar-refractivity contribution is 5.75. The Bertz CT molecular complexity index is 414. The zero-order chi connectivity index (χ0) is 12.4. The summed E-state index contributed by atoms with van der Waals surface area (Å²) < 4.78 is 0. The molecule has 0 aliphatic carbocycles. The Morgan fingerprint density at radius 1 is 1.35 bits per heavy atom. The lowest BCUT2D eigenvalue weighted by Crippen LogP contribution is -2.49. The first-order valence-corrected chi connectivity index (χ1v) is 6.22. The van der Waals surface area contributed by atoms with E-state index >= 15 is 0 Å². The van der Waals surface area contributed by atoms with Crippen LogP contribution in [0.3, 0.4) is 0 Å². The molecule has 17 heavy (non-hydrogen) atoms. The number of rotatable bonds is 1. The topological polar surface area (TPSA) is 32.3 Å². The van der Waals surface area contributed by atoms with Gasteiger partial charge >= 0.3 is 6.03 Å². The van der Waals surface area contributed by atoms with E-state index in [4.69, 9.17) is 0 Å². The van der Waals surface area contributed by atoms with E-state index in [-0.39, 0.29) is 18.1 Å². The van der Waals surface area contributed by atoms with Crippen LogP contribution in [0.1, 0.15) is 31.9 Å². The zero-order valence-corrected chi connectivity index (χ0v) is 10.7. The molecule has 0 radical (unpaired) electrons. The lowest BCUT2D eigenvalue weighted by Gasteiger charge is -2.35. The van der Waals surface area contributed by atoms with Crippen molar-refractivity contribution in [1.29, 1.82) is 0 Å². The Morgan fingerprint density at radius 3 is 2.65 bits per heavy atom. The third-order valence-electron chi connectivity index (χ3n) is 3.18. The predicted molar refractivity (Wildman–Crippen MR) is 68.8 cm³/mol. The van der Waals surface area contributed by atoms with E-state index < -0.39 is 0 Å². The largest absolute Gasteiger partial charge is 0.336 e. The SMILES string of the molecule is CC(C)NC(=O)N1Cc2ccccc2CC1C. The van der Waals surface area contributed by atoms with Crippen LogP contribution in [-0.4, -0.2) is 23.0 Å². The van der Waals surface area contributed by atoms with E-state index in [9.17, 15) is 4.79 Å². The molecule has 2 rings (SSSR count). The molecule has 1 heterocycles. The molecule has 0 aromatic heterocycles. The molecule has 3 nitrogen and oxygen atoms in total. The molecule has 2 amide bonds. The van der Waals surface area contributed by atoms with Crippen molar-refractivity contribution in [1.82, 2.24) is 10.2 Å². The maximum atomic E-state index is 12.0. The second-order valence-corrected chi connectivity index (χ2v) is 5.05. The Kier molecular flexibility index (Phi) is 3.36. The molecule has 1 unspecified atom stereocenters. The van der Waals surface area contributed by atoms with Gasteiger partial charge in [0, 0.05) is 18.6 Å². The smallest absolute Gasteiger partial charge is 0.318 e. The van der Waals surface area contributed by atoms with Crippen LogP contribution >= 0.6 is 0 Å². The lowest BCUT2D eigenvalue weighted by molar-refractivity contribution is 0.166. The van der Waals surface area contributed by atoms with E-state index in [1.54, 1.807) is 0 Å². The monoisotopic (exact) mass is 232 g/mol. The van der Waals surface area contributed by atoms with Gasteiger partial charge in [0.25, 0.3) is 0 Å². The van der Waals surface area contributed by atoms with E-state index in [1.165, 1.54) is 11.1 Å². The van der Waals surface area contributed by atoms with Crippen molar-refractivity contribution in [3.05, 3.63) is 35.4 Å².